The Balaban J connectivity index is 5.25. The number of aliphatic hydroxyl groups is 1. The van der Waals surface area contributed by atoms with Crippen molar-refractivity contribution in [3.05, 3.63) is 0 Å². The van der Waals surface area contributed by atoms with Crippen molar-refractivity contribution in [3.63, 3.8) is 0 Å². The molecule has 1 atom stereocenters. The normalized spacial score (nSPS) is 16.8. The monoisotopic (exact) mass is 223 g/mol. The van der Waals surface area contributed by atoms with Gasteiger partial charge in [-0.3, -0.25) is 0 Å². The van der Waals surface area contributed by atoms with E-state index in [0.717, 1.165) is 6.26 Å². The first-order valence-electron chi connectivity index (χ1n) is 4.16. The molecule has 0 aliphatic carbocycles. The van der Waals surface area contributed by atoms with Crippen molar-refractivity contribution in [3.8, 4) is 0 Å². The summed E-state index contributed by atoms with van der Waals surface area (Å²) in [4.78, 5) is 0. The number of aliphatic hydroxyl groups excluding tert-OH is 1. The Bertz CT molecular complexity index is 313. The highest BCUT2D eigenvalue weighted by Crippen LogP contribution is 2.21. The van der Waals surface area contributed by atoms with Gasteiger partial charge in [0.1, 0.15) is 5.25 Å². The van der Waals surface area contributed by atoms with Crippen molar-refractivity contribution in [2.45, 2.75) is 26.0 Å². The third-order valence-electron chi connectivity index (χ3n) is 1.86. The van der Waals surface area contributed by atoms with Crippen LogP contribution in [-0.2, 0) is 9.84 Å². The molecular weight excluding hydrogens is 206 g/mol. The van der Waals surface area contributed by atoms with Crippen LogP contribution in [0.25, 0.3) is 0 Å². The van der Waals surface area contributed by atoms with E-state index in [1.54, 1.807) is 20.8 Å². The topological polar surface area (TPSA) is 87.0 Å². The molecule has 0 bridgehead atoms. The van der Waals surface area contributed by atoms with E-state index in [1.165, 1.54) is 0 Å². The van der Waals surface area contributed by atoms with Crippen LogP contribution in [0.3, 0.4) is 0 Å². The van der Waals surface area contributed by atoms with Crippen molar-refractivity contribution in [2.24, 2.45) is 10.6 Å². The molecule has 84 valence electrons. The number of rotatable bonds is 3. The summed E-state index contributed by atoms with van der Waals surface area (Å²) in [6.45, 7) is 4.58. The van der Waals surface area contributed by atoms with Gasteiger partial charge in [0.25, 0.3) is 0 Å². The minimum atomic E-state index is -3.45. The lowest BCUT2D eigenvalue weighted by Gasteiger charge is -2.25. The van der Waals surface area contributed by atoms with Crippen molar-refractivity contribution in [1.82, 2.24) is 0 Å². The van der Waals surface area contributed by atoms with Gasteiger partial charge in [-0.2, -0.15) is 0 Å². The lowest BCUT2D eigenvalue weighted by Crippen LogP contribution is -2.40. The third kappa shape index (κ3) is 3.26. The molecule has 0 aromatic heterocycles. The molecule has 6 heteroatoms. The summed E-state index contributed by atoms with van der Waals surface area (Å²) in [6.07, 6.45) is 1.00. The number of hydrogen-bond donors (Lipinski definition) is 2. The molecular formula is C8H17NO4S. The molecule has 0 aliphatic rings. The Labute approximate surface area is 84.4 Å². The molecule has 0 aliphatic heterocycles. The van der Waals surface area contributed by atoms with Crippen molar-refractivity contribution >= 4 is 15.5 Å². The summed E-state index contributed by atoms with van der Waals surface area (Å²) in [5.41, 5.74) is -0.520. The predicted molar refractivity (Wildman–Crippen MR) is 54.4 cm³/mol. The van der Waals surface area contributed by atoms with Gasteiger partial charge in [0.05, 0.1) is 12.3 Å². The Morgan fingerprint density at radius 2 is 1.86 bits per heavy atom. The molecule has 2 N–H and O–H groups in total. The first-order chi connectivity index (χ1) is 6.14. The minimum Gasteiger partial charge on any atom is -0.411 e. The summed E-state index contributed by atoms with van der Waals surface area (Å²) in [7, 11) is -3.45. The van der Waals surface area contributed by atoms with Gasteiger partial charge < -0.3 is 10.3 Å². The quantitative estimate of drug-likeness (QED) is 0.408. The predicted octanol–water partition coefficient (Wildman–Crippen LogP) is 0.268. The lowest BCUT2D eigenvalue weighted by atomic mass is 9.88. The molecule has 0 aromatic carbocycles. The fourth-order valence-electron chi connectivity index (χ4n) is 1.12. The summed E-state index contributed by atoms with van der Waals surface area (Å²) >= 11 is 0. The van der Waals surface area contributed by atoms with Crippen molar-refractivity contribution in [1.29, 1.82) is 0 Å². The second-order valence-corrected chi connectivity index (χ2v) is 6.46. The van der Waals surface area contributed by atoms with Crippen molar-refractivity contribution < 1.29 is 18.7 Å². The zero-order valence-electron chi connectivity index (χ0n) is 8.85. The number of hydrogen-bond acceptors (Lipinski definition) is 5. The van der Waals surface area contributed by atoms with Crippen LogP contribution in [0, 0.1) is 5.41 Å². The SMILES string of the molecule is CC(C)(C)/C(=N\O)C(CO)S(C)(=O)=O. The summed E-state index contributed by atoms with van der Waals surface area (Å²) < 4.78 is 22.5. The molecule has 0 radical (unpaired) electrons. The molecule has 1 unspecified atom stereocenters. The van der Waals surface area contributed by atoms with E-state index in [2.05, 4.69) is 5.16 Å². The Morgan fingerprint density at radius 1 is 1.43 bits per heavy atom. The van der Waals surface area contributed by atoms with E-state index in [4.69, 9.17) is 10.3 Å². The highest BCUT2D eigenvalue weighted by atomic mass is 32.2. The van der Waals surface area contributed by atoms with Crippen LogP contribution < -0.4 is 0 Å². The van der Waals surface area contributed by atoms with Gasteiger partial charge >= 0.3 is 0 Å². The second-order valence-electron chi connectivity index (χ2n) is 4.24. The number of nitrogens with zero attached hydrogens (tertiary/aromatic N) is 1. The third-order valence-corrected chi connectivity index (χ3v) is 3.27. The van der Waals surface area contributed by atoms with Crippen LogP contribution in [0.4, 0.5) is 0 Å². The molecule has 14 heavy (non-hydrogen) atoms. The highest BCUT2D eigenvalue weighted by Gasteiger charge is 2.34. The van der Waals surface area contributed by atoms with Gasteiger partial charge in [-0.05, 0) is 0 Å². The van der Waals surface area contributed by atoms with Crippen LogP contribution >= 0.6 is 0 Å². The largest absolute Gasteiger partial charge is 0.411 e. The summed E-state index contributed by atoms with van der Waals surface area (Å²) in [5, 5.41) is 19.5. The molecule has 0 heterocycles. The van der Waals surface area contributed by atoms with E-state index >= 15 is 0 Å². The Hall–Kier alpha value is -0.620. The van der Waals surface area contributed by atoms with Gasteiger partial charge in [-0.1, -0.05) is 25.9 Å². The molecule has 0 rings (SSSR count). The lowest BCUT2D eigenvalue weighted by molar-refractivity contribution is 0.286. The highest BCUT2D eigenvalue weighted by molar-refractivity contribution is 7.92. The van der Waals surface area contributed by atoms with Gasteiger partial charge in [-0.15, -0.1) is 0 Å². The fraction of sp³-hybridized carbons (Fsp3) is 0.875. The average Bonchev–Trinajstić information content (AvgIpc) is 1.94. The van der Waals surface area contributed by atoms with Crippen LogP contribution in [0.1, 0.15) is 20.8 Å². The van der Waals surface area contributed by atoms with E-state index in [1.807, 2.05) is 0 Å². The van der Waals surface area contributed by atoms with Crippen LogP contribution in [0.5, 0.6) is 0 Å². The Morgan fingerprint density at radius 3 is 1.93 bits per heavy atom. The molecule has 0 saturated carbocycles. The molecule has 0 saturated heterocycles. The Kier molecular flexibility index (Phi) is 4.08. The minimum absolute atomic E-state index is 0.0718. The molecule has 0 amide bonds. The average molecular weight is 223 g/mol. The first kappa shape index (κ1) is 13.4. The maximum atomic E-state index is 11.3. The number of sulfone groups is 1. The van der Waals surface area contributed by atoms with Gasteiger partial charge in [0, 0.05) is 11.7 Å². The van der Waals surface area contributed by atoms with Crippen molar-refractivity contribution in [2.75, 3.05) is 12.9 Å². The van der Waals surface area contributed by atoms with Gasteiger partial charge in [0.2, 0.25) is 0 Å². The van der Waals surface area contributed by atoms with Gasteiger partial charge in [0.15, 0.2) is 9.84 Å². The van der Waals surface area contributed by atoms with Crippen LogP contribution in [0.2, 0.25) is 0 Å². The van der Waals surface area contributed by atoms with E-state index in [0.29, 0.717) is 0 Å². The first-order valence-corrected chi connectivity index (χ1v) is 6.12. The maximum absolute atomic E-state index is 11.3. The zero-order chi connectivity index (χ0) is 11.6. The van der Waals surface area contributed by atoms with E-state index in [9.17, 15) is 8.42 Å². The second kappa shape index (κ2) is 4.27. The van der Waals surface area contributed by atoms with E-state index in [-0.39, 0.29) is 5.71 Å². The molecule has 0 fully saturated rings. The standard InChI is InChI=1S/C8H17NO4S/c1-8(2,3)7(9-11)6(5-10)14(4,12)13/h6,10-11H,5H2,1-4H3/b9-7-. The van der Waals surface area contributed by atoms with Crippen LogP contribution in [-0.4, -0.2) is 42.6 Å². The van der Waals surface area contributed by atoms with Gasteiger partial charge in [-0.25, -0.2) is 8.42 Å². The molecule has 0 aromatic rings. The number of oxime groups is 1. The summed E-state index contributed by atoms with van der Waals surface area (Å²) in [6, 6.07) is 0. The maximum Gasteiger partial charge on any atom is 0.158 e. The smallest absolute Gasteiger partial charge is 0.158 e. The van der Waals surface area contributed by atoms with Crippen LogP contribution in [0.15, 0.2) is 5.16 Å². The fourth-order valence-corrected chi connectivity index (χ4v) is 2.20. The molecule has 0 spiro atoms. The van der Waals surface area contributed by atoms with E-state index < -0.39 is 27.1 Å². The zero-order valence-corrected chi connectivity index (χ0v) is 9.67. The molecule has 5 nitrogen and oxygen atoms in total. The summed E-state index contributed by atoms with van der Waals surface area (Å²) in [5.74, 6) is 0.